The molecule has 0 aliphatic heterocycles. The lowest BCUT2D eigenvalue weighted by Crippen LogP contribution is -2.00. The van der Waals surface area contributed by atoms with Gasteiger partial charge in [-0.25, -0.2) is 0 Å². The van der Waals surface area contributed by atoms with Crippen LogP contribution in [-0.4, -0.2) is 16.8 Å². The lowest BCUT2D eigenvalue weighted by atomic mass is 10.1. The van der Waals surface area contributed by atoms with Crippen LogP contribution in [0.2, 0.25) is 0 Å². The van der Waals surface area contributed by atoms with Crippen LogP contribution in [0.25, 0.3) is 22.2 Å². The van der Waals surface area contributed by atoms with E-state index in [-0.39, 0.29) is 0 Å². The van der Waals surface area contributed by atoms with Gasteiger partial charge in [-0.15, -0.1) is 0 Å². The number of nitrogens with zero attached hydrogens (tertiary/aromatic N) is 2. The molecule has 2 aromatic carbocycles. The minimum absolute atomic E-state index is 0.529. The molecule has 3 N–H and O–H groups in total. The van der Waals surface area contributed by atoms with E-state index in [1.54, 1.807) is 6.07 Å². The van der Waals surface area contributed by atoms with Crippen molar-refractivity contribution in [3.05, 3.63) is 42.0 Å². The highest BCUT2D eigenvalue weighted by molar-refractivity contribution is 5.95. The highest BCUT2D eigenvalue weighted by Crippen LogP contribution is 2.34. The van der Waals surface area contributed by atoms with E-state index in [0.29, 0.717) is 29.5 Å². The average molecular weight is 304 g/mol. The second-order valence-corrected chi connectivity index (χ2v) is 5.96. The number of nitrogen functional groups attached to an aromatic ring is 1. The highest BCUT2D eigenvalue weighted by atomic mass is 16.5. The molecule has 0 unspecified atom stereocenters. The lowest BCUT2D eigenvalue weighted by Gasteiger charge is -2.08. The van der Waals surface area contributed by atoms with Gasteiger partial charge in [0.15, 0.2) is 0 Å². The molecule has 1 aliphatic rings. The van der Waals surface area contributed by atoms with Crippen LogP contribution in [0, 0.1) is 17.2 Å². The first kappa shape index (κ1) is 13.6. The van der Waals surface area contributed by atoms with E-state index >= 15 is 0 Å². The van der Waals surface area contributed by atoms with E-state index < -0.39 is 0 Å². The van der Waals surface area contributed by atoms with E-state index in [2.05, 4.69) is 16.3 Å². The summed E-state index contributed by atoms with van der Waals surface area (Å²) < 4.78 is 5.86. The molecule has 0 amide bonds. The molecule has 1 saturated carbocycles. The quantitative estimate of drug-likeness (QED) is 0.722. The minimum Gasteiger partial charge on any atom is -0.492 e. The highest BCUT2D eigenvalue weighted by Gasteiger charge is 2.23. The molecule has 5 nitrogen and oxygen atoms in total. The van der Waals surface area contributed by atoms with Crippen LogP contribution in [0.3, 0.4) is 0 Å². The summed E-state index contributed by atoms with van der Waals surface area (Å²) in [5, 5.41) is 17.6. The summed E-state index contributed by atoms with van der Waals surface area (Å²) in [6, 6.07) is 13.5. The third kappa shape index (κ3) is 2.59. The van der Waals surface area contributed by atoms with Crippen LogP contribution in [-0.2, 0) is 0 Å². The number of aromatic nitrogens is 2. The smallest absolute Gasteiger partial charge is 0.137 e. The molecule has 4 rings (SSSR count). The number of nitriles is 1. The molecule has 0 saturated heterocycles. The standard InChI is InChI=1S/C18H16N4O/c19-9-13-7-16-15(8-17(13)23-10-11-4-5-11)18(22-21-16)12-2-1-3-14(20)6-12/h1-3,6-8,11H,4-5,10,20H2,(H,21,22). The summed E-state index contributed by atoms with van der Waals surface area (Å²) in [7, 11) is 0. The molecule has 0 spiro atoms. The van der Waals surface area contributed by atoms with Crippen LogP contribution >= 0.6 is 0 Å². The van der Waals surface area contributed by atoms with Crippen LogP contribution in [0.5, 0.6) is 5.75 Å². The van der Waals surface area contributed by atoms with Crippen molar-refractivity contribution in [1.29, 1.82) is 5.26 Å². The molecule has 0 bridgehead atoms. The first-order chi connectivity index (χ1) is 11.2. The Morgan fingerprint density at radius 2 is 2.17 bits per heavy atom. The molecule has 5 heteroatoms. The molecule has 0 atom stereocenters. The Bertz CT molecular complexity index is 918. The number of hydrogen-bond donors (Lipinski definition) is 2. The normalized spacial score (nSPS) is 13.9. The average Bonchev–Trinajstić information content (AvgIpc) is 3.30. The van der Waals surface area contributed by atoms with Crippen LogP contribution in [0.15, 0.2) is 36.4 Å². The number of ether oxygens (including phenoxy) is 1. The van der Waals surface area contributed by atoms with Crippen molar-refractivity contribution in [3.63, 3.8) is 0 Å². The topological polar surface area (TPSA) is 87.7 Å². The maximum atomic E-state index is 9.34. The van der Waals surface area contributed by atoms with Gasteiger partial charge in [0.2, 0.25) is 0 Å². The summed E-state index contributed by atoms with van der Waals surface area (Å²) in [5.74, 6) is 1.26. The summed E-state index contributed by atoms with van der Waals surface area (Å²) >= 11 is 0. The van der Waals surface area contributed by atoms with E-state index in [4.69, 9.17) is 10.5 Å². The van der Waals surface area contributed by atoms with Gasteiger partial charge in [0, 0.05) is 16.6 Å². The Hall–Kier alpha value is -3.00. The Balaban J connectivity index is 1.80. The zero-order valence-corrected chi connectivity index (χ0v) is 12.5. The fourth-order valence-electron chi connectivity index (χ4n) is 2.65. The number of nitrogens with two attached hydrogens (primary N) is 1. The number of H-pyrrole nitrogens is 1. The summed E-state index contributed by atoms with van der Waals surface area (Å²) in [6.07, 6.45) is 2.43. The van der Waals surface area contributed by atoms with Gasteiger partial charge in [-0.1, -0.05) is 12.1 Å². The number of hydrogen-bond acceptors (Lipinski definition) is 4. The second-order valence-electron chi connectivity index (χ2n) is 5.96. The van der Waals surface area contributed by atoms with Gasteiger partial charge in [-0.2, -0.15) is 10.4 Å². The van der Waals surface area contributed by atoms with E-state index in [9.17, 15) is 5.26 Å². The maximum Gasteiger partial charge on any atom is 0.137 e. The Morgan fingerprint density at radius 1 is 1.30 bits per heavy atom. The number of anilines is 1. The molecular weight excluding hydrogens is 288 g/mol. The van der Waals surface area contributed by atoms with E-state index in [1.807, 2.05) is 30.3 Å². The predicted molar refractivity (Wildman–Crippen MR) is 88.9 cm³/mol. The van der Waals surface area contributed by atoms with Crippen molar-refractivity contribution in [2.45, 2.75) is 12.8 Å². The van der Waals surface area contributed by atoms with Crippen LogP contribution in [0.1, 0.15) is 18.4 Å². The molecular formula is C18H16N4O. The van der Waals surface area contributed by atoms with Crippen LogP contribution in [0.4, 0.5) is 5.69 Å². The number of benzene rings is 2. The molecule has 1 heterocycles. The predicted octanol–water partition coefficient (Wildman–Crippen LogP) is 3.47. The number of rotatable bonds is 4. The van der Waals surface area contributed by atoms with Gasteiger partial charge < -0.3 is 10.5 Å². The molecule has 3 aromatic rings. The first-order valence-electron chi connectivity index (χ1n) is 7.65. The zero-order valence-electron chi connectivity index (χ0n) is 12.5. The van der Waals surface area contributed by atoms with Gasteiger partial charge >= 0.3 is 0 Å². The monoisotopic (exact) mass is 304 g/mol. The Labute approximate surface area is 133 Å². The SMILES string of the molecule is N#Cc1cc2[nH]nc(-c3cccc(N)c3)c2cc1OCC1CC1. The Morgan fingerprint density at radius 3 is 2.91 bits per heavy atom. The third-order valence-corrected chi connectivity index (χ3v) is 4.11. The van der Waals surface area contributed by atoms with Gasteiger partial charge in [0.1, 0.15) is 17.5 Å². The molecule has 1 aromatic heterocycles. The molecule has 1 aliphatic carbocycles. The third-order valence-electron chi connectivity index (χ3n) is 4.11. The molecule has 23 heavy (non-hydrogen) atoms. The first-order valence-corrected chi connectivity index (χ1v) is 7.65. The van der Waals surface area contributed by atoms with Crippen molar-refractivity contribution in [2.24, 2.45) is 5.92 Å². The van der Waals surface area contributed by atoms with Gasteiger partial charge in [0.05, 0.1) is 17.7 Å². The minimum atomic E-state index is 0.529. The van der Waals surface area contributed by atoms with Crippen molar-refractivity contribution in [3.8, 4) is 23.1 Å². The van der Waals surface area contributed by atoms with Gasteiger partial charge in [0.25, 0.3) is 0 Å². The number of nitrogens with one attached hydrogen (secondary N) is 1. The largest absolute Gasteiger partial charge is 0.492 e. The molecule has 114 valence electrons. The van der Waals surface area contributed by atoms with Crippen molar-refractivity contribution in [1.82, 2.24) is 10.2 Å². The van der Waals surface area contributed by atoms with Gasteiger partial charge in [-0.05, 0) is 43.0 Å². The summed E-state index contributed by atoms with van der Waals surface area (Å²) in [5.41, 5.74) is 9.66. The van der Waals surface area contributed by atoms with Gasteiger partial charge in [-0.3, -0.25) is 5.10 Å². The lowest BCUT2D eigenvalue weighted by molar-refractivity contribution is 0.299. The fourth-order valence-corrected chi connectivity index (χ4v) is 2.65. The van der Waals surface area contributed by atoms with E-state index in [0.717, 1.165) is 22.2 Å². The summed E-state index contributed by atoms with van der Waals surface area (Å²) in [4.78, 5) is 0. The van der Waals surface area contributed by atoms with E-state index in [1.165, 1.54) is 12.8 Å². The van der Waals surface area contributed by atoms with Crippen molar-refractivity contribution >= 4 is 16.6 Å². The van der Waals surface area contributed by atoms with Crippen molar-refractivity contribution in [2.75, 3.05) is 12.3 Å². The zero-order chi connectivity index (χ0) is 15.8. The number of aromatic amines is 1. The second kappa shape index (κ2) is 5.33. The van der Waals surface area contributed by atoms with Crippen molar-refractivity contribution < 1.29 is 4.74 Å². The van der Waals surface area contributed by atoms with Crippen LogP contribution < -0.4 is 10.5 Å². The summed E-state index contributed by atoms with van der Waals surface area (Å²) in [6.45, 7) is 0.672. The maximum absolute atomic E-state index is 9.34. The Kier molecular flexibility index (Phi) is 3.16. The fraction of sp³-hybridized carbons (Fsp3) is 0.222. The molecule has 0 radical (unpaired) electrons. The number of fused-ring (bicyclic) bond motifs is 1. The molecule has 1 fully saturated rings.